The van der Waals surface area contributed by atoms with Gasteiger partial charge < -0.3 is 5.73 Å². The highest BCUT2D eigenvalue weighted by Gasteiger charge is 2.03. The molecule has 4 nitrogen and oxygen atoms in total. The lowest BCUT2D eigenvalue weighted by molar-refractivity contribution is -0.384. The molecule has 1 unspecified atom stereocenters. The number of hydrogen-bond donors (Lipinski definition) is 1. The molecule has 0 heterocycles. The minimum atomic E-state index is -0.383. The van der Waals surface area contributed by atoms with Crippen LogP contribution in [0, 0.1) is 10.1 Å². The van der Waals surface area contributed by atoms with Crippen LogP contribution in [0.2, 0.25) is 0 Å². The fourth-order valence-corrected chi connectivity index (χ4v) is 1.41. The molecule has 0 spiro atoms. The lowest BCUT2D eigenvalue weighted by Gasteiger charge is -2.04. The first-order chi connectivity index (χ1) is 7.09. The van der Waals surface area contributed by atoms with Gasteiger partial charge in [0, 0.05) is 18.2 Å². The molecule has 0 aliphatic carbocycles. The zero-order valence-electron chi connectivity index (χ0n) is 8.85. The van der Waals surface area contributed by atoms with E-state index in [0.717, 1.165) is 24.8 Å². The maximum absolute atomic E-state index is 10.4. The van der Waals surface area contributed by atoms with Gasteiger partial charge in [-0.15, -0.1) is 0 Å². The van der Waals surface area contributed by atoms with Crippen molar-refractivity contribution in [2.24, 2.45) is 5.73 Å². The summed E-state index contributed by atoms with van der Waals surface area (Å²) in [6, 6.07) is 6.92. The van der Waals surface area contributed by atoms with E-state index in [1.54, 1.807) is 24.3 Å². The molecule has 1 aromatic rings. The number of nitrogens with two attached hydrogens (primary N) is 1. The molecule has 0 aliphatic rings. The average Bonchev–Trinajstić information content (AvgIpc) is 2.18. The number of aryl methyl sites for hydroxylation is 1. The Balaban J connectivity index is 2.46. The van der Waals surface area contributed by atoms with Crippen LogP contribution in [0.1, 0.15) is 25.3 Å². The summed E-state index contributed by atoms with van der Waals surface area (Å²) in [5.74, 6) is 0. The van der Waals surface area contributed by atoms with Gasteiger partial charge in [0.05, 0.1) is 4.92 Å². The van der Waals surface area contributed by atoms with Crippen LogP contribution in [-0.4, -0.2) is 11.0 Å². The summed E-state index contributed by atoms with van der Waals surface area (Å²) in [4.78, 5) is 10.0. The van der Waals surface area contributed by atoms with Crippen LogP contribution in [0.15, 0.2) is 24.3 Å². The van der Waals surface area contributed by atoms with Crippen molar-refractivity contribution in [3.63, 3.8) is 0 Å². The summed E-state index contributed by atoms with van der Waals surface area (Å²) >= 11 is 0. The van der Waals surface area contributed by atoms with Crippen molar-refractivity contribution in [1.29, 1.82) is 0 Å². The normalized spacial score (nSPS) is 12.4. The second-order valence-corrected chi connectivity index (χ2v) is 3.79. The molecule has 0 saturated heterocycles. The molecular formula is C11H16N2O2. The number of rotatable bonds is 5. The highest BCUT2D eigenvalue weighted by Crippen LogP contribution is 2.13. The standard InChI is InChI=1S/C11H16N2O2/c1-9(12)3-2-4-10-5-7-11(8-6-10)13(14)15/h5-9H,2-4,12H2,1H3. The van der Waals surface area contributed by atoms with E-state index in [1.807, 2.05) is 6.92 Å². The van der Waals surface area contributed by atoms with Gasteiger partial charge in [0.1, 0.15) is 0 Å². The summed E-state index contributed by atoms with van der Waals surface area (Å²) in [6.07, 6.45) is 2.94. The fraction of sp³-hybridized carbons (Fsp3) is 0.455. The van der Waals surface area contributed by atoms with Crippen LogP contribution in [0.5, 0.6) is 0 Å². The number of nitro benzene ring substituents is 1. The predicted molar refractivity (Wildman–Crippen MR) is 59.7 cm³/mol. The molecular weight excluding hydrogens is 192 g/mol. The molecule has 0 aliphatic heterocycles. The van der Waals surface area contributed by atoms with Crippen LogP contribution in [-0.2, 0) is 6.42 Å². The number of hydrogen-bond acceptors (Lipinski definition) is 3. The van der Waals surface area contributed by atoms with Crippen molar-refractivity contribution in [2.75, 3.05) is 0 Å². The summed E-state index contributed by atoms with van der Waals surface area (Å²) in [5.41, 5.74) is 6.90. The van der Waals surface area contributed by atoms with Gasteiger partial charge in [0.25, 0.3) is 5.69 Å². The third-order valence-electron chi connectivity index (χ3n) is 2.27. The molecule has 0 saturated carbocycles. The molecule has 2 N–H and O–H groups in total. The van der Waals surface area contributed by atoms with Crippen molar-refractivity contribution in [2.45, 2.75) is 32.2 Å². The Morgan fingerprint density at radius 2 is 2.00 bits per heavy atom. The third kappa shape index (κ3) is 4.08. The van der Waals surface area contributed by atoms with Gasteiger partial charge in [-0.2, -0.15) is 0 Å². The van der Waals surface area contributed by atoms with Crippen molar-refractivity contribution in [3.8, 4) is 0 Å². The molecule has 0 radical (unpaired) electrons. The zero-order chi connectivity index (χ0) is 11.3. The molecule has 0 fully saturated rings. The predicted octanol–water partition coefficient (Wildman–Crippen LogP) is 2.26. The van der Waals surface area contributed by atoms with Crippen molar-refractivity contribution >= 4 is 5.69 Å². The minimum Gasteiger partial charge on any atom is -0.328 e. The maximum Gasteiger partial charge on any atom is 0.269 e. The Kier molecular flexibility index (Phi) is 4.24. The Morgan fingerprint density at radius 1 is 1.40 bits per heavy atom. The number of benzene rings is 1. The first-order valence-electron chi connectivity index (χ1n) is 5.08. The Bertz CT molecular complexity index is 320. The largest absolute Gasteiger partial charge is 0.328 e. The zero-order valence-corrected chi connectivity index (χ0v) is 8.85. The van der Waals surface area contributed by atoms with Crippen LogP contribution in [0.3, 0.4) is 0 Å². The van der Waals surface area contributed by atoms with E-state index in [2.05, 4.69) is 0 Å². The van der Waals surface area contributed by atoms with E-state index in [-0.39, 0.29) is 16.7 Å². The first kappa shape index (κ1) is 11.7. The summed E-state index contributed by atoms with van der Waals surface area (Å²) in [6.45, 7) is 1.98. The molecule has 0 amide bonds. The highest BCUT2D eigenvalue weighted by atomic mass is 16.6. The monoisotopic (exact) mass is 208 g/mol. The van der Waals surface area contributed by atoms with Crippen molar-refractivity contribution in [3.05, 3.63) is 39.9 Å². The molecule has 1 rings (SSSR count). The summed E-state index contributed by atoms with van der Waals surface area (Å²) < 4.78 is 0. The number of nitro groups is 1. The molecule has 0 bridgehead atoms. The van der Waals surface area contributed by atoms with E-state index in [9.17, 15) is 10.1 Å². The van der Waals surface area contributed by atoms with Crippen LogP contribution < -0.4 is 5.73 Å². The maximum atomic E-state index is 10.4. The molecule has 4 heteroatoms. The van der Waals surface area contributed by atoms with Gasteiger partial charge in [0.15, 0.2) is 0 Å². The van der Waals surface area contributed by atoms with Crippen LogP contribution >= 0.6 is 0 Å². The fourth-order valence-electron chi connectivity index (χ4n) is 1.41. The quantitative estimate of drug-likeness (QED) is 0.596. The van der Waals surface area contributed by atoms with Crippen LogP contribution in [0.25, 0.3) is 0 Å². The molecule has 0 aromatic heterocycles. The lowest BCUT2D eigenvalue weighted by atomic mass is 10.1. The third-order valence-corrected chi connectivity index (χ3v) is 2.27. The molecule has 1 aromatic carbocycles. The lowest BCUT2D eigenvalue weighted by Crippen LogP contribution is -2.14. The smallest absolute Gasteiger partial charge is 0.269 e. The second kappa shape index (κ2) is 5.46. The summed E-state index contributed by atoms with van der Waals surface area (Å²) in [7, 11) is 0. The number of non-ortho nitro benzene ring substituents is 1. The van der Waals surface area contributed by atoms with Gasteiger partial charge in [-0.05, 0) is 31.7 Å². The van der Waals surface area contributed by atoms with Gasteiger partial charge in [0.2, 0.25) is 0 Å². The van der Waals surface area contributed by atoms with Crippen LogP contribution in [0.4, 0.5) is 5.69 Å². The first-order valence-corrected chi connectivity index (χ1v) is 5.08. The SMILES string of the molecule is CC(N)CCCc1ccc([N+](=O)[O-])cc1. The van der Waals surface area contributed by atoms with Gasteiger partial charge in [-0.1, -0.05) is 12.1 Å². The van der Waals surface area contributed by atoms with Gasteiger partial charge in [-0.25, -0.2) is 0 Å². The Hall–Kier alpha value is -1.42. The number of nitrogens with zero attached hydrogens (tertiary/aromatic N) is 1. The molecule has 15 heavy (non-hydrogen) atoms. The Morgan fingerprint density at radius 3 is 2.47 bits per heavy atom. The van der Waals surface area contributed by atoms with Gasteiger partial charge in [-0.3, -0.25) is 10.1 Å². The molecule has 1 atom stereocenters. The van der Waals surface area contributed by atoms with Crippen molar-refractivity contribution in [1.82, 2.24) is 0 Å². The highest BCUT2D eigenvalue weighted by molar-refractivity contribution is 5.32. The second-order valence-electron chi connectivity index (χ2n) is 3.79. The average molecular weight is 208 g/mol. The van der Waals surface area contributed by atoms with E-state index in [1.165, 1.54) is 0 Å². The van der Waals surface area contributed by atoms with Gasteiger partial charge >= 0.3 is 0 Å². The van der Waals surface area contributed by atoms with E-state index >= 15 is 0 Å². The van der Waals surface area contributed by atoms with E-state index in [4.69, 9.17) is 5.73 Å². The summed E-state index contributed by atoms with van der Waals surface area (Å²) in [5, 5.41) is 10.4. The topological polar surface area (TPSA) is 69.2 Å². The minimum absolute atomic E-state index is 0.144. The van der Waals surface area contributed by atoms with E-state index < -0.39 is 0 Å². The van der Waals surface area contributed by atoms with E-state index in [0.29, 0.717) is 0 Å². The van der Waals surface area contributed by atoms with Crippen molar-refractivity contribution < 1.29 is 4.92 Å². The molecule has 82 valence electrons. The Labute approximate surface area is 89.2 Å².